The lowest BCUT2D eigenvalue weighted by Crippen LogP contribution is -2.31. The van der Waals surface area contributed by atoms with Gasteiger partial charge in [-0.2, -0.15) is 0 Å². The molecule has 2 aromatic heterocycles. The Morgan fingerprint density at radius 3 is 2.05 bits per heavy atom. The van der Waals surface area contributed by atoms with E-state index in [0.717, 1.165) is 36.4 Å². The minimum Gasteiger partial charge on any atom is -0.382 e. The molecule has 0 spiro atoms. The summed E-state index contributed by atoms with van der Waals surface area (Å²) in [6, 6.07) is 12.1. The van der Waals surface area contributed by atoms with Crippen molar-refractivity contribution in [3.8, 4) is 0 Å². The molecule has 0 aliphatic heterocycles. The first-order valence-electron chi connectivity index (χ1n) is 11.9. The van der Waals surface area contributed by atoms with Gasteiger partial charge in [-0.25, -0.2) is 9.78 Å². The Kier molecular flexibility index (Phi) is 9.87. The number of nitrogens with one attached hydrogen (secondary N) is 2. The Bertz CT molecular complexity index is 1430. The topological polar surface area (TPSA) is 107 Å². The minimum absolute atomic E-state index is 0.350. The number of halogens is 2. The van der Waals surface area contributed by atoms with Gasteiger partial charge in [-0.15, -0.1) is 0 Å². The van der Waals surface area contributed by atoms with Crippen molar-refractivity contribution in [3.05, 3.63) is 77.9 Å². The summed E-state index contributed by atoms with van der Waals surface area (Å²) in [5.41, 5.74) is 2.57. The second kappa shape index (κ2) is 13.3. The third kappa shape index (κ3) is 7.48. The number of rotatable bonds is 13. The molecule has 0 bridgehead atoms. The average Bonchev–Trinajstić information content (AvgIpc) is 2.87. The van der Waals surface area contributed by atoms with Crippen molar-refractivity contribution in [3.63, 3.8) is 0 Å². The average molecular weight is 636 g/mol. The van der Waals surface area contributed by atoms with Gasteiger partial charge in [-0.3, -0.25) is 14.3 Å². The number of pyridine rings is 1. The van der Waals surface area contributed by atoms with Crippen molar-refractivity contribution in [2.75, 3.05) is 51.5 Å². The fourth-order valence-corrected chi connectivity index (χ4v) is 4.54. The first-order chi connectivity index (χ1) is 17.9. The third-order valence-corrected chi connectivity index (χ3v) is 6.64. The van der Waals surface area contributed by atoms with Gasteiger partial charge in [0.1, 0.15) is 0 Å². The highest BCUT2D eigenvalue weighted by atomic mass is 79.9. The van der Waals surface area contributed by atoms with E-state index in [2.05, 4.69) is 54.3 Å². The van der Waals surface area contributed by atoms with Crippen LogP contribution in [0.4, 0.5) is 5.69 Å². The smallest absolute Gasteiger partial charge is 0.328 e. The van der Waals surface area contributed by atoms with Gasteiger partial charge in [-0.05, 0) is 43.3 Å². The van der Waals surface area contributed by atoms with Crippen LogP contribution in [0.5, 0.6) is 0 Å². The summed E-state index contributed by atoms with van der Waals surface area (Å²) in [4.78, 5) is 30.2. The predicted molar refractivity (Wildman–Crippen MR) is 152 cm³/mol. The predicted octanol–water partition coefficient (Wildman–Crippen LogP) is 4.23. The highest BCUT2D eigenvalue weighted by Gasteiger charge is 2.10. The van der Waals surface area contributed by atoms with Crippen LogP contribution in [0.15, 0.2) is 61.1 Å². The largest absolute Gasteiger partial charge is 0.382 e. The lowest BCUT2D eigenvalue weighted by atomic mass is 10.1. The Morgan fingerprint density at radius 1 is 0.865 bits per heavy atom. The molecular weight excluding hydrogens is 608 g/mol. The summed E-state index contributed by atoms with van der Waals surface area (Å²) in [5.74, 6) is 0. The maximum absolute atomic E-state index is 11.7. The maximum atomic E-state index is 11.7. The van der Waals surface area contributed by atoms with Crippen molar-refractivity contribution in [1.29, 1.82) is 0 Å². The number of anilines is 1. The molecule has 0 radical (unpaired) electrons. The summed E-state index contributed by atoms with van der Waals surface area (Å²) in [5, 5.41) is 5.61. The number of hydrogen-bond donors (Lipinski definition) is 2. The van der Waals surface area contributed by atoms with Crippen LogP contribution in [-0.2, 0) is 20.8 Å². The number of aromatic nitrogens is 3. The van der Waals surface area contributed by atoms with Crippen LogP contribution in [-0.4, -0.2) is 60.7 Å². The van der Waals surface area contributed by atoms with E-state index in [9.17, 15) is 9.59 Å². The molecule has 0 saturated heterocycles. The molecule has 37 heavy (non-hydrogen) atoms. The van der Waals surface area contributed by atoms with Crippen molar-refractivity contribution in [1.82, 2.24) is 14.5 Å². The highest BCUT2D eigenvalue weighted by Crippen LogP contribution is 2.33. The number of H-pyrrole nitrogens is 1. The van der Waals surface area contributed by atoms with Gasteiger partial charge < -0.3 is 19.5 Å². The van der Waals surface area contributed by atoms with Crippen LogP contribution in [0.25, 0.3) is 21.8 Å². The van der Waals surface area contributed by atoms with E-state index in [-0.39, 0.29) is 5.56 Å². The second-order valence-electron chi connectivity index (χ2n) is 8.34. The molecule has 2 heterocycles. The molecule has 0 aliphatic carbocycles. The summed E-state index contributed by atoms with van der Waals surface area (Å²) < 4.78 is 20.2. The second-order valence-corrected chi connectivity index (χ2v) is 10.2. The number of hydrogen-bond acceptors (Lipinski definition) is 7. The number of benzene rings is 2. The van der Waals surface area contributed by atoms with Crippen molar-refractivity contribution >= 4 is 59.4 Å². The molecule has 0 unspecified atom stereocenters. The number of nitrogens with zero attached hydrogens (tertiary/aromatic N) is 2. The van der Waals surface area contributed by atoms with E-state index in [1.165, 1.54) is 10.8 Å². The van der Waals surface area contributed by atoms with Crippen LogP contribution in [0.3, 0.4) is 0 Å². The molecule has 11 heteroatoms. The number of aromatic amines is 1. The van der Waals surface area contributed by atoms with E-state index in [4.69, 9.17) is 19.2 Å². The fraction of sp³-hybridized carbons (Fsp3) is 0.346. The maximum Gasteiger partial charge on any atom is 0.328 e. The van der Waals surface area contributed by atoms with E-state index in [1.807, 2.05) is 24.3 Å². The standard InChI is InChI=1S/C26H28Br2N4O5/c1-17-16-32(26(34)31-25(17)33)7-9-36-11-13-37-12-10-35-8-6-29-24-20-14-18(27)2-4-22(20)30-23-5-3-19(28)15-21(23)24/h2-5,14-16H,6-13H2,1H3,(H,29,30)(H,31,33,34). The van der Waals surface area contributed by atoms with E-state index in [1.54, 1.807) is 6.92 Å². The zero-order chi connectivity index (χ0) is 26.2. The van der Waals surface area contributed by atoms with Crippen molar-refractivity contribution in [2.24, 2.45) is 0 Å². The number of ether oxygens (including phenoxy) is 3. The minimum atomic E-state index is -0.437. The Hall–Kier alpha value is -2.57. The summed E-state index contributed by atoms with van der Waals surface area (Å²) >= 11 is 7.13. The monoisotopic (exact) mass is 634 g/mol. The molecule has 9 nitrogen and oxygen atoms in total. The molecular formula is C26H28Br2N4O5. The Balaban J connectivity index is 1.14. The summed E-state index contributed by atoms with van der Waals surface area (Å²) in [6.45, 7) is 5.31. The van der Waals surface area contributed by atoms with Crippen LogP contribution >= 0.6 is 31.9 Å². The molecule has 0 amide bonds. The zero-order valence-electron chi connectivity index (χ0n) is 20.4. The molecule has 196 valence electrons. The summed E-state index contributed by atoms with van der Waals surface area (Å²) in [7, 11) is 0. The lowest BCUT2D eigenvalue weighted by molar-refractivity contribution is 0.0148. The first kappa shape index (κ1) is 27.5. The van der Waals surface area contributed by atoms with Crippen LogP contribution in [0, 0.1) is 6.92 Å². The Labute approximate surface area is 230 Å². The molecule has 4 aromatic rings. The fourth-order valence-electron chi connectivity index (χ4n) is 3.81. The Morgan fingerprint density at radius 2 is 1.43 bits per heavy atom. The van der Waals surface area contributed by atoms with Crippen molar-refractivity contribution in [2.45, 2.75) is 13.5 Å². The molecule has 0 fully saturated rings. The lowest BCUT2D eigenvalue weighted by Gasteiger charge is -2.14. The summed E-state index contributed by atoms with van der Waals surface area (Å²) in [6.07, 6.45) is 1.53. The van der Waals surface area contributed by atoms with Crippen LogP contribution < -0.4 is 16.6 Å². The molecule has 2 aromatic carbocycles. The normalized spacial score (nSPS) is 11.4. The molecule has 2 N–H and O–H groups in total. The van der Waals surface area contributed by atoms with Crippen molar-refractivity contribution < 1.29 is 14.2 Å². The number of fused-ring (bicyclic) bond motifs is 2. The van der Waals surface area contributed by atoms with Crippen LogP contribution in [0.1, 0.15) is 5.56 Å². The van der Waals surface area contributed by atoms with Gasteiger partial charge in [0, 0.05) is 38.0 Å². The SMILES string of the molecule is Cc1cn(CCOCCOCCOCCNc2c3cc(Br)ccc3nc3ccc(Br)cc23)c(=O)[nH]c1=O. The van der Waals surface area contributed by atoms with Gasteiger partial charge in [0.2, 0.25) is 0 Å². The van der Waals surface area contributed by atoms with E-state index in [0.29, 0.717) is 58.3 Å². The molecule has 4 rings (SSSR count). The van der Waals surface area contributed by atoms with Gasteiger partial charge in [0.05, 0.1) is 62.9 Å². The molecule has 0 atom stereocenters. The first-order valence-corrected chi connectivity index (χ1v) is 13.5. The zero-order valence-corrected chi connectivity index (χ0v) is 23.6. The number of aryl methyl sites for hydroxylation is 1. The molecule has 0 saturated carbocycles. The van der Waals surface area contributed by atoms with Gasteiger partial charge in [-0.1, -0.05) is 31.9 Å². The van der Waals surface area contributed by atoms with Crippen LogP contribution in [0.2, 0.25) is 0 Å². The van der Waals surface area contributed by atoms with E-state index >= 15 is 0 Å². The van der Waals surface area contributed by atoms with E-state index < -0.39 is 5.69 Å². The highest BCUT2D eigenvalue weighted by molar-refractivity contribution is 9.10. The molecule has 0 aliphatic rings. The van der Waals surface area contributed by atoms with Gasteiger partial charge in [0.15, 0.2) is 0 Å². The third-order valence-electron chi connectivity index (χ3n) is 5.65. The van der Waals surface area contributed by atoms with Gasteiger partial charge >= 0.3 is 5.69 Å². The quantitative estimate of drug-likeness (QED) is 0.167. The van der Waals surface area contributed by atoms with Gasteiger partial charge in [0.25, 0.3) is 5.56 Å².